The van der Waals surface area contributed by atoms with E-state index in [-0.39, 0.29) is 28.7 Å². The second kappa shape index (κ2) is 7.57. The molecular weight excluding hydrogens is 382 g/mol. The fourth-order valence-corrected chi connectivity index (χ4v) is 2.98. The maximum Gasteiger partial charge on any atom is 0.272 e. The molecule has 0 unspecified atom stereocenters. The quantitative estimate of drug-likeness (QED) is 0.208. The van der Waals surface area contributed by atoms with Gasteiger partial charge in [-0.05, 0) is 49.5 Å². The molecule has 0 aliphatic carbocycles. The lowest BCUT2D eigenvalue weighted by molar-refractivity contribution is -0.385. The number of nitro benzene ring substituents is 1. The maximum atomic E-state index is 12.5. The van der Waals surface area contributed by atoms with Crippen molar-refractivity contribution in [2.75, 3.05) is 6.54 Å². The number of hydrogen-bond donors (Lipinski definition) is 1. The van der Waals surface area contributed by atoms with Crippen LogP contribution in [0.4, 0.5) is 5.69 Å². The summed E-state index contributed by atoms with van der Waals surface area (Å²) >= 11 is 5.00. The molecule has 2 heterocycles. The summed E-state index contributed by atoms with van der Waals surface area (Å²) in [5, 5.41) is 13.4. The first-order chi connectivity index (χ1) is 13.3. The molecule has 1 fully saturated rings. The predicted octanol–water partition coefficient (Wildman–Crippen LogP) is 2.98. The number of benzene rings is 1. The Kier molecular flexibility index (Phi) is 5.18. The van der Waals surface area contributed by atoms with Gasteiger partial charge in [-0.25, -0.2) is 0 Å². The number of rotatable bonds is 5. The fourth-order valence-electron chi connectivity index (χ4n) is 2.73. The third-order valence-corrected chi connectivity index (χ3v) is 4.41. The highest BCUT2D eigenvalue weighted by Gasteiger charge is 2.32. The predicted molar refractivity (Wildman–Crippen MR) is 106 cm³/mol. The van der Waals surface area contributed by atoms with E-state index in [4.69, 9.17) is 16.6 Å². The molecule has 2 aromatic rings. The number of thiocarbonyl (C=S) groups is 1. The van der Waals surface area contributed by atoms with Crippen LogP contribution in [0.2, 0.25) is 0 Å². The molecule has 1 aliphatic heterocycles. The first-order valence-electron chi connectivity index (χ1n) is 8.17. The van der Waals surface area contributed by atoms with Crippen molar-refractivity contribution < 1.29 is 18.9 Å². The molecule has 1 N–H and O–H groups in total. The van der Waals surface area contributed by atoms with Gasteiger partial charge in [0, 0.05) is 23.7 Å². The van der Waals surface area contributed by atoms with Gasteiger partial charge in [0.15, 0.2) is 5.11 Å². The van der Waals surface area contributed by atoms with Crippen LogP contribution in [0, 0.1) is 17.0 Å². The lowest BCUT2D eigenvalue weighted by atomic mass is 10.1. The topological polar surface area (TPSA) is 106 Å². The number of aryl methyl sites for hydroxylation is 1. The number of carbonyl (C=O) groups excluding carboxylic acids is 2. The summed E-state index contributed by atoms with van der Waals surface area (Å²) in [5.41, 5.74) is 1.03. The van der Waals surface area contributed by atoms with E-state index in [1.165, 1.54) is 23.1 Å². The van der Waals surface area contributed by atoms with Crippen LogP contribution < -0.4 is 5.32 Å². The molecule has 1 aliphatic rings. The number of hydrogen-bond acceptors (Lipinski definition) is 6. The maximum absolute atomic E-state index is 12.5. The fraction of sp³-hybridized carbons (Fsp3) is 0.105. The van der Waals surface area contributed by atoms with Crippen molar-refractivity contribution in [1.29, 1.82) is 0 Å². The van der Waals surface area contributed by atoms with E-state index in [9.17, 15) is 19.7 Å². The van der Waals surface area contributed by atoms with Crippen molar-refractivity contribution in [2.24, 2.45) is 0 Å². The SMILES string of the molecule is C=CCN1C(=O)/C(=C/c2ccc(-c3ccc([N+](=O)[O-])c(C)c3)o2)C(=O)NC1=S. The van der Waals surface area contributed by atoms with Crippen molar-refractivity contribution in [3.8, 4) is 11.3 Å². The van der Waals surface area contributed by atoms with Gasteiger partial charge < -0.3 is 4.42 Å². The van der Waals surface area contributed by atoms with Gasteiger partial charge in [-0.1, -0.05) is 6.08 Å². The zero-order valence-electron chi connectivity index (χ0n) is 14.8. The highest BCUT2D eigenvalue weighted by molar-refractivity contribution is 7.80. The van der Waals surface area contributed by atoms with Crippen LogP contribution in [-0.2, 0) is 9.59 Å². The van der Waals surface area contributed by atoms with Crippen LogP contribution in [0.5, 0.6) is 0 Å². The Morgan fingerprint density at radius 2 is 2.07 bits per heavy atom. The molecule has 8 nitrogen and oxygen atoms in total. The van der Waals surface area contributed by atoms with E-state index in [1.807, 2.05) is 0 Å². The first kappa shape index (κ1) is 19.2. The van der Waals surface area contributed by atoms with Gasteiger partial charge in [0.25, 0.3) is 17.5 Å². The van der Waals surface area contributed by atoms with Gasteiger partial charge in [0.05, 0.1) is 4.92 Å². The highest BCUT2D eigenvalue weighted by atomic mass is 32.1. The van der Waals surface area contributed by atoms with Gasteiger partial charge >= 0.3 is 0 Å². The average molecular weight is 397 g/mol. The van der Waals surface area contributed by atoms with Gasteiger partial charge in [-0.3, -0.25) is 29.9 Å². The number of nitrogens with zero attached hydrogens (tertiary/aromatic N) is 2. The minimum Gasteiger partial charge on any atom is -0.457 e. The summed E-state index contributed by atoms with van der Waals surface area (Å²) in [6.07, 6.45) is 2.83. The number of carbonyl (C=O) groups is 2. The standard InChI is InChI=1S/C19H15N3O5S/c1-3-8-21-18(24)14(17(23)20-19(21)28)10-13-5-7-16(27-13)12-4-6-15(22(25)26)11(2)9-12/h3-7,9-10H,1,8H2,2H3,(H,20,23,28)/b14-10+. The molecule has 2 amide bonds. The van der Waals surface area contributed by atoms with E-state index in [0.29, 0.717) is 16.9 Å². The van der Waals surface area contributed by atoms with E-state index in [0.717, 1.165) is 0 Å². The molecule has 3 rings (SSSR count). The summed E-state index contributed by atoms with van der Waals surface area (Å²) in [4.78, 5) is 36.4. The van der Waals surface area contributed by atoms with Gasteiger partial charge in [0.1, 0.15) is 17.1 Å². The Balaban J connectivity index is 1.91. The Morgan fingerprint density at radius 1 is 1.32 bits per heavy atom. The van der Waals surface area contributed by atoms with Crippen LogP contribution in [0.15, 0.2) is 53.0 Å². The number of furan rings is 1. The van der Waals surface area contributed by atoms with Crippen molar-refractivity contribution in [3.05, 3.63) is 70.0 Å². The van der Waals surface area contributed by atoms with E-state index < -0.39 is 16.7 Å². The van der Waals surface area contributed by atoms with Crippen molar-refractivity contribution in [2.45, 2.75) is 6.92 Å². The van der Waals surface area contributed by atoms with Crippen molar-refractivity contribution in [3.63, 3.8) is 0 Å². The second-order valence-corrected chi connectivity index (χ2v) is 6.37. The summed E-state index contributed by atoms with van der Waals surface area (Å²) in [5.74, 6) is -0.417. The number of nitro groups is 1. The van der Waals surface area contributed by atoms with Crippen LogP contribution in [0.25, 0.3) is 17.4 Å². The number of amides is 2. The molecule has 0 atom stereocenters. The Bertz CT molecular complexity index is 1050. The van der Waals surface area contributed by atoms with E-state index >= 15 is 0 Å². The zero-order valence-corrected chi connectivity index (χ0v) is 15.6. The molecule has 0 bridgehead atoms. The first-order valence-corrected chi connectivity index (χ1v) is 8.57. The Labute approximate surface area is 165 Å². The third-order valence-electron chi connectivity index (χ3n) is 4.09. The lowest BCUT2D eigenvalue weighted by Gasteiger charge is -2.27. The van der Waals surface area contributed by atoms with E-state index in [2.05, 4.69) is 11.9 Å². The largest absolute Gasteiger partial charge is 0.457 e. The van der Waals surface area contributed by atoms with Gasteiger partial charge in [-0.15, -0.1) is 6.58 Å². The van der Waals surface area contributed by atoms with Crippen LogP contribution in [0.1, 0.15) is 11.3 Å². The second-order valence-electron chi connectivity index (χ2n) is 5.98. The minimum atomic E-state index is -0.612. The van der Waals surface area contributed by atoms with Crippen molar-refractivity contribution in [1.82, 2.24) is 10.2 Å². The molecule has 1 saturated heterocycles. The van der Waals surface area contributed by atoms with Crippen LogP contribution in [0.3, 0.4) is 0 Å². The molecule has 0 saturated carbocycles. The zero-order chi connectivity index (χ0) is 20.4. The molecule has 1 aromatic heterocycles. The normalized spacial score (nSPS) is 15.7. The molecule has 28 heavy (non-hydrogen) atoms. The van der Waals surface area contributed by atoms with Gasteiger partial charge in [0.2, 0.25) is 0 Å². The molecule has 9 heteroatoms. The van der Waals surface area contributed by atoms with Gasteiger partial charge in [-0.2, -0.15) is 0 Å². The molecule has 1 aromatic carbocycles. The third kappa shape index (κ3) is 3.60. The summed E-state index contributed by atoms with van der Waals surface area (Å²) in [7, 11) is 0. The minimum absolute atomic E-state index is 0.0143. The molecule has 142 valence electrons. The molecular formula is C19H15N3O5S. The smallest absolute Gasteiger partial charge is 0.272 e. The number of nitrogens with one attached hydrogen (secondary N) is 1. The van der Waals surface area contributed by atoms with E-state index in [1.54, 1.807) is 31.2 Å². The summed E-state index contributed by atoms with van der Waals surface area (Å²) < 4.78 is 5.70. The lowest BCUT2D eigenvalue weighted by Crippen LogP contribution is -2.53. The monoisotopic (exact) mass is 397 g/mol. The van der Waals surface area contributed by atoms with Crippen molar-refractivity contribution >= 4 is 40.9 Å². The Morgan fingerprint density at radius 3 is 2.71 bits per heavy atom. The summed E-state index contributed by atoms with van der Waals surface area (Å²) in [6.45, 7) is 5.37. The van der Waals surface area contributed by atoms with Crippen LogP contribution >= 0.6 is 12.2 Å². The molecule has 0 spiro atoms. The van der Waals surface area contributed by atoms with Crippen LogP contribution in [-0.4, -0.2) is 33.3 Å². The highest BCUT2D eigenvalue weighted by Crippen LogP contribution is 2.28. The Hall–Kier alpha value is -3.59. The average Bonchev–Trinajstić information content (AvgIpc) is 3.10. The molecule has 0 radical (unpaired) electrons. The summed E-state index contributed by atoms with van der Waals surface area (Å²) in [6, 6.07) is 7.87.